The number of hydrogen-bond acceptors (Lipinski definition) is 5. The third kappa shape index (κ3) is 6.34. The van der Waals surface area contributed by atoms with Gasteiger partial charge in [0.15, 0.2) is 0 Å². The Kier molecular flexibility index (Phi) is 7.93. The van der Waals surface area contributed by atoms with Crippen LogP contribution in [-0.4, -0.2) is 51.9 Å². The Morgan fingerprint density at radius 2 is 1.97 bits per heavy atom. The highest BCUT2D eigenvalue weighted by molar-refractivity contribution is 6.34. The van der Waals surface area contributed by atoms with Crippen LogP contribution in [0.3, 0.4) is 0 Å². The lowest BCUT2D eigenvalue weighted by Gasteiger charge is -2.31. The van der Waals surface area contributed by atoms with Gasteiger partial charge in [-0.25, -0.2) is 4.79 Å². The van der Waals surface area contributed by atoms with E-state index in [0.717, 1.165) is 24.8 Å². The van der Waals surface area contributed by atoms with Gasteiger partial charge in [0.25, 0.3) is 0 Å². The summed E-state index contributed by atoms with van der Waals surface area (Å²) in [6.07, 6.45) is 3.86. The van der Waals surface area contributed by atoms with E-state index in [9.17, 15) is 9.59 Å². The molecule has 1 aromatic heterocycles. The van der Waals surface area contributed by atoms with E-state index in [4.69, 9.17) is 27.9 Å². The van der Waals surface area contributed by atoms with Crippen LogP contribution in [0.4, 0.5) is 4.79 Å². The van der Waals surface area contributed by atoms with Crippen molar-refractivity contribution in [2.24, 2.45) is 5.92 Å². The lowest BCUT2D eigenvalue weighted by Crippen LogP contribution is -2.39. The molecule has 10 heteroatoms. The van der Waals surface area contributed by atoms with E-state index in [-0.39, 0.29) is 24.5 Å². The molecule has 0 saturated carbocycles. The molecule has 2 heterocycles. The average molecular weight is 454 g/mol. The van der Waals surface area contributed by atoms with Crippen molar-refractivity contribution >= 4 is 35.2 Å². The molecule has 1 aromatic carbocycles. The summed E-state index contributed by atoms with van der Waals surface area (Å²) in [6, 6.07) is 5.09. The lowest BCUT2D eigenvalue weighted by molar-refractivity contribution is -0.122. The molecule has 3 rings (SSSR count). The Morgan fingerprint density at radius 1 is 1.27 bits per heavy atom. The molecule has 8 nitrogen and oxygen atoms in total. The van der Waals surface area contributed by atoms with E-state index in [1.165, 1.54) is 0 Å². The summed E-state index contributed by atoms with van der Waals surface area (Å²) in [5.74, 6) is 0.0595. The van der Waals surface area contributed by atoms with Crippen LogP contribution in [0.5, 0.6) is 0 Å². The van der Waals surface area contributed by atoms with Crippen molar-refractivity contribution in [3.8, 4) is 0 Å². The third-order valence-corrected chi connectivity index (χ3v) is 5.72. The molecule has 2 N–H and O–H groups in total. The fourth-order valence-corrected chi connectivity index (χ4v) is 4.01. The Labute approximate surface area is 185 Å². The number of nitrogens with zero attached hydrogens (tertiary/aromatic N) is 3. The number of nitrogens with one attached hydrogen (secondary N) is 2. The van der Waals surface area contributed by atoms with Gasteiger partial charge in [-0.2, -0.15) is 15.4 Å². The number of halogens is 2. The Morgan fingerprint density at radius 3 is 2.60 bits per heavy atom. The molecule has 0 aliphatic carbocycles. The second kappa shape index (κ2) is 10.6. The molecule has 1 fully saturated rings. The van der Waals surface area contributed by atoms with E-state index in [1.54, 1.807) is 36.2 Å². The zero-order chi connectivity index (χ0) is 21.5. The third-order valence-electron chi connectivity index (χ3n) is 5.28. The number of amides is 2. The van der Waals surface area contributed by atoms with Gasteiger partial charge >= 0.3 is 6.09 Å². The van der Waals surface area contributed by atoms with E-state index in [1.807, 2.05) is 0 Å². The van der Waals surface area contributed by atoms with Crippen LogP contribution >= 0.6 is 23.2 Å². The molecule has 1 aliphatic heterocycles. The van der Waals surface area contributed by atoms with Gasteiger partial charge < -0.3 is 15.0 Å². The first kappa shape index (κ1) is 22.4. The fraction of sp³-hybridized carbons (Fsp3) is 0.500. The molecule has 1 saturated heterocycles. The average Bonchev–Trinajstić information content (AvgIpc) is 3.26. The number of likely N-dealkylation sites (tertiary alicyclic amines) is 1. The molecule has 162 valence electrons. The number of aromatic nitrogens is 3. The summed E-state index contributed by atoms with van der Waals surface area (Å²) in [5, 5.41) is 14.2. The fourth-order valence-electron chi connectivity index (χ4n) is 3.44. The van der Waals surface area contributed by atoms with Crippen LogP contribution < -0.4 is 5.32 Å². The quantitative estimate of drug-likeness (QED) is 0.664. The van der Waals surface area contributed by atoms with Gasteiger partial charge in [-0.15, -0.1) is 0 Å². The number of benzene rings is 1. The van der Waals surface area contributed by atoms with E-state index in [0.29, 0.717) is 41.3 Å². The summed E-state index contributed by atoms with van der Waals surface area (Å²) in [4.78, 5) is 26.2. The van der Waals surface area contributed by atoms with Crippen LogP contribution in [0.15, 0.2) is 24.4 Å². The smallest absolute Gasteiger partial charge is 0.410 e. The molecule has 1 aliphatic rings. The van der Waals surface area contributed by atoms with Crippen LogP contribution in [0.1, 0.15) is 43.4 Å². The SMILES string of the molecule is CC(C(=O)NCCC1CCN(C(=O)OCc2cc(Cl)cc(Cl)c2)CC1)c1cn[nH]n1. The van der Waals surface area contributed by atoms with Crippen molar-refractivity contribution in [2.75, 3.05) is 19.6 Å². The topological polar surface area (TPSA) is 100 Å². The minimum Gasteiger partial charge on any atom is -0.445 e. The number of rotatable bonds is 7. The molecule has 0 radical (unpaired) electrons. The Hall–Kier alpha value is -2.32. The van der Waals surface area contributed by atoms with Crippen molar-refractivity contribution in [3.05, 3.63) is 45.7 Å². The zero-order valence-corrected chi connectivity index (χ0v) is 18.2. The van der Waals surface area contributed by atoms with Crippen LogP contribution in [0.25, 0.3) is 0 Å². The Bertz CT molecular complexity index is 834. The number of ether oxygens (including phenoxy) is 1. The van der Waals surface area contributed by atoms with Crippen LogP contribution in [0, 0.1) is 5.92 Å². The van der Waals surface area contributed by atoms with Gasteiger partial charge in [-0.1, -0.05) is 23.2 Å². The maximum Gasteiger partial charge on any atom is 0.410 e. The Balaban J connectivity index is 1.34. The highest BCUT2D eigenvalue weighted by atomic mass is 35.5. The van der Waals surface area contributed by atoms with Gasteiger partial charge in [0.2, 0.25) is 5.91 Å². The van der Waals surface area contributed by atoms with Gasteiger partial charge in [-0.3, -0.25) is 4.79 Å². The highest BCUT2D eigenvalue weighted by Crippen LogP contribution is 2.22. The van der Waals surface area contributed by atoms with Crippen molar-refractivity contribution in [2.45, 2.75) is 38.7 Å². The lowest BCUT2D eigenvalue weighted by atomic mass is 9.93. The second-order valence-corrected chi connectivity index (χ2v) is 8.33. The zero-order valence-electron chi connectivity index (χ0n) is 16.7. The number of aromatic amines is 1. The predicted octanol–water partition coefficient (Wildman–Crippen LogP) is 3.77. The van der Waals surface area contributed by atoms with Crippen LogP contribution in [0.2, 0.25) is 10.0 Å². The van der Waals surface area contributed by atoms with E-state index < -0.39 is 0 Å². The molecular formula is C20H25Cl2N5O3. The summed E-state index contributed by atoms with van der Waals surface area (Å²) in [7, 11) is 0. The normalized spacial score (nSPS) is 15.6. The molecule has 2 aromatic rings. The molecular weight excluding hydrogens is 429 g/mol. The predicted molar refractivity (Wildman–Crippen MR) is 113 cm³/mol. The van der Waals surface area contributed by atoms with E-state index in [2.05, 4.69) is 20.7 Å². The summed E-state index contributed by atoms with van der Waals surface area (Å²) < 4.78 is 5.39. The molecule has 1 atom stereocenters. The van der Waals surface area contributed by atoms with Crippen molar-refractivity contribution in [1.29, 1.82) is 0 Å². The highest BCUT2D eigenvalue weighted by Gasteiger charge is 2.24. The standard InChI is InChI=1S/C20H25Cl2N5O3/c1-13(18-11-24-26-25-18)19(28)23-5-2-14-3-6-27(7-4-14)20(29)30-12-15-8-16(21)10-17(22)9-15/h8-11,13-14H,2-7,12H2,1H3,(H,23,28)(H,24,25,26). The van der Waals surface area contributed by atoms with Gasteiger partial charge in [0.05, 0.1) is 17.8 Å². The molecule has 0 spiro atoms. The number of piperidine rings is 1. The maximum absolute atomic E-state index is 12.3. The largest absolute Gasteiger partial charge is 0.445 e. The van der Waals surface area contributed by atoms with Crippen LogP contribution in [-0.2, 0) is 16.1 Å². The number of carbonyl (C=O) groups excluding carboxylic acids is 2. The number of hydrogen-bond donors (Lipinski definition) is 2. The molecule has 30 heavy (non-hydrogen) atoms. The molecule has 2 amide bonds. The molecule has 1 unspecified atom stereocenters. The van der Waals surface area contributed by atoms with Gasteiger partial charge in [0, 0.05) is 29.7 Å². The first-order valence-corrected chi connectivity index (χ1v) is 10.7. The van der Waals surface area contributed by atoms with Crippen molar-refractivity contribution in [1.82, 2.24) is 25.6 Å². The maximum atomic E-state index is 12.3. The summed E-state index contributed by atoms with van der Waals surface area (Å²) in [6.45, 7) is 3.82. The summed E-state index contributed by atoms with van der Waals surface area (Å²) >= 11 is 11.9. The number of H-pyrrole nitrogens is 1. The summed E-state index contributed by atoms with van der Waals surface area (Å²) in [5.41, 5.74) is 1.38. The van der Waals surface area contributed by atoms with Crippen molar-refractivity contribution in [3.63, 3.8) is 0 Å². The number of carbonyl (C=O) groups is 2. The monoisotopic (exact) mass is 453 g/mol. The van der Waals surface area contributed by atoms with E-state index >= 15 is 0 Å². The second-order valence-electron chi connectivity index (χ2n) is 7.46. The first-order valence-electron chi connectivity index (χ1n) is 9.92. The van der Waals surface area contributed by atoms with Gasteiger partial charge in [-0.05, 0) is 55.9 Å². The first-order chi connectivity index (χ1) is 14.4. The minimum atomic E-state index is -0.338. The minimum absolute atomic E-state index is 0.0639. The van der Waals surface area contributed by atoms with Crippen molar-refractivity contribution < 1.29 is 14.3 Å². The molecule has 0 bridgehead atoms. The van der Waals surface area contributed by atoms with Gasteiger partial charge in [0.1, 0.15) is 6.61 Å².